The third-order valence-corrected chi connectivity index (χ3v) is 25.1. The van der Waals surface area contributed by atoms with Crippen molar-refractivity contribution in [3.63, 3.8) is 0 Å². The number of rotatable bonds is 7. The summed E-state index contributed by atoms with van der Waals surface area (Å²) < 4.78 is 4.79. The molecule has 0 atom stereocenters. The number of imidazole rings is 1. The standard InChI is InChI=1S/C62H40N4SSi2.Pt/c1-5-19-43(20-6-1)68(44-21-7-2-8-22-44,47-32-34-49-50-27-13-15-29-53(50)65-40-39-64-62(65)52(49)41-47)48-33-37-58-55(42-48)66(59-31-17-18-38-63-59)54-35-36-57-60(51-28-14-16-30-56(51)67-57)61(54)69(58,45-23-9-3-10-24-45)46-25-11-4-12-26-46;/h1-40H;/q-2;+2. The first kappa shape index (κ1) is 42.6. The van der Waals surface area contributed by atoms with Gasteiger partial charge >= 0.3 is 21.1 Å². The molecule has 13 aromatic rings. The van der Waals surface area contributed by atoms with E-state index in [-0.39, 0.29) is 21.1 Å². The first-order chi connectivity index (χ1) is 34.2. The van der Waals surface area contributed by atoms with Crippen molar-refractivity contribution in [2.24, 2.45) is 0 Å². The number of aromatic nitrogens is 3. The van der Waals surface area contributed by atoms with Gasteiger partial charge in [0.1, 0.15) is 22.0 Å². The molecule has 332 valence electrons. The molecule has 9 aromatic carbocycles. The van der Waals surface area contributed by atoms with E-state index in [4.69, 9.17) is 9.97 Å². The van der Waals surface area contributed by atoms with Crippen LogP contribution < -0.4 is 46.4 Å². The van der Waals surface area contributed by atoms with Gasteiger partial charge in [-0.3, -0.25) is 4.98 Å². The number of benzene rings is 9. The second-order valence-corrected chi connectivity index (χ2v) is 26.4. The molecule has 0 radical (unpaired) electrons. The number of hydrogen-bond donors (Lipinski definition) is 0. The Bertz CT molecular complexity index is 4010. The predicted octanol–water partition coefficient (Wildman–Crippen LogP) is 9.54. The molecule has 0 amide bonds. The maximum Gasteiger partial charge on any atom is 2.00 e. The van der Waals surface area contributed by atoms with Crippen LogP contribution in [0.2, 0.25) is 0 Å². The van der Waals surface area contributed by atoms with E-state index in [2.05, 4.69) is 246 Å². The SMILES string of the molecule is [Pt+2].[c-]1c([Si](c2[c-]c3c(cc2)c2ccccc2n2ccnc32)(c2ccccc2)c2ccccc2)ccc2c1N(c1ccccn1)c1ccc3sc4ccccc4c3c1[Si]2(c1ccccc1)c1ccccc1. The number of hydrogen-bond acceptors (Lipinski definition) is 4. The Labute approximate surface area is 426 Å². The van der Waals surface area contributed by atoms with Crippen LogP contribution in [0.5, 0.6) is 0 Å². The molecule has 70 heavy (non-hydrogen) atoms. The van der Waals surface area contributed by atoms with Gasteiger partial charge in [0.05, 0.1) is 5.65 Å². The molecule has 0 saturated heterocycles. The monoisotopic (exact) mass is 1120 g/mol. The zero-order valence-corrected chi connectivity index (χ0v) is 42.7. The average molecular weight is 1120 g/mol. The van der Waals surface area contributed by atoms with Crippen molar-refractivity contribution in [2.75, 3.05) is 4.90 Å². The summed E-state index contributed by atoms with van der Waals surface area (Å²) in [5.41, 5.74) is 4.20. The number of nitrogens with zero attached hydrogens (tertiary/aromatic N) is 4. The smallest absolute Gasteiger partial charge is 0.340 e. The number of fused-ring (bicyclic) bond motifs is 12. The Balaban J connectivity index is 0.00000480. The molecule has 8 heteroatoms. The second kappa shape index (κ2) is 16.9. The van der Waals surface area contributed by atoms with Crippen LogP contribution in [-0.2, 0) is 21.1 Å². The molecule has 5 heterocycles. The molecule has 4 nitrogen and oxygen atoms in total. The van der Waals surface area contributed by atoms with Gasteiger partial charge in [0.25, 0.3) is 0 Å². The van der Waals surface area contributed by atoms with Crippen LogP contribution in [0.25, 0.3) is 47.5 Å². The quantitative estimate of drug-likeness (QED) is 0.0691. The third kappa shape index (κ3) is 6.09. The van der Waals surface area contributed by atoms with Crippen LogP contribution in [0.15, 0.2) is 243 Å². The molecule has 1 aliphatic rings. The summed E-state index contributed by atoms with van der Waals surface area (Å²) in [7, 11) is -6.48. The summed E-state index contributed by atoms with van der Waals surface area (Å²) >= 11 is 1.88. The van der Waals surface area contributed by atoms with E-state index in [9.17, 15) is 0 Å². The number of para-hydroxylation sites is 1. The molecule has 14 rings (SSSR count). The Morgan fingerprint density at radius 3 is 1.80 bits per heavy atom. The van der Waals surface area contributed by atoms with Gasteiger partial charge in [0.2, 0.25) is 0 Å². The van der Waals surface area contributed by atoms with Crippen molar-refractivity contribution in [2.45, 2.75) is 0 Å². The largest absolute Gasteiger partial charge is 2.00 e. The van der Waals surface area contributed by atoms with Crippen molar-refractivity contribution in [1.82, 2.24) is 14.4 Å². The van der Waals surface area contributed by atoms with E-state index in [1.54, 1.807) is 0 Å². The van der Waals surface area contributed by atoms with Crippen LogP contribution in [0, 0.1) is 12.1 Å². The van der Waals surface area contributed by atoms with Crippen molar-refractivity contribution < 1.29 is 21.1 Å². The van der Waals surface area contributed by atoms with Gasteiger partial charge in [-0.15, -0.1) is 45.3 Å². The maximum atomic E-state index is 5.19. The molecule has 0 N–H and O–H groups in total. The fourth-order valence-corrected chi connectivity index (χ4v) is 22.7. The van der Waals surface area contributed by atoms with Crippen LogP contribution >= 0.6 is 11.3 Å². The minimum Gasteiger partial charge on any atom is -0.340 e. The summed E-state index contributed by atoms with van der Waals surface area (Å²) in [5, 5.41) is 16.0. The van der Waals surface area contributed by atoms with E-state index in [0.717, 1.165) is 49.5 Å². The number of anilines is 3. The minimum atomic E-state index is -3.29. The first-order valence-corrected chi connectivity index (χ1v) is 28.2. The fourth-order valence-electron chi connectivity index (χ4n) is 11.7. The van der Waals surface area contributed by atoms with E-state index in [1.807, 2.05) is 29.8 Å². The van der Waals surface area contributed by atoms with Gasteiger partial charge in [-0.2, -0.15) is 23.4 Å². The normalized spacial score (nSPS) is 13.1. The molecule has 1 aliphatic heterocycles. The molecule has 0 aliphatic carbocycles. The van der Waals surface area contributed by atoms with Crippen LogP contribution in [0.1, 0.15) is 0 Å². The Hall–Kier alpha value is -7.52. The van der Waals surface area contributed by atoms with Crippen molar-refractivity contribution in [3.8, 4) is 0 Å². The van der Waals surface area contributed by atoms with Crippen molar-refractivity contribution >= 4 is 134 Å². The van der Waals surface area contributed by atoms with Gasteiger partial charge in [0.15, 0.2) is 0 Å². The van der Waals surface area contributed by atoms with E-state index in [0.29, 0.717) is 0 Å². The molecule has 0 saturated carbocycles. The Morgan fingerprint density at radius 1 is 0.486 bits per heavy atom. The van der Waals surface area contributed by atoms with E-state index < -0.39 is 16.1 Å². The van der Waals surface area contributed by atoms with Gasteiger partial charge in [0, 0.05) is 50.0 Å². The maximum absolute atomic E-state index is 5.19. The molecule has 0 fully saturated rings. The molecule has 0 bridgehead atoms. The van der Waals surface area contributed by atoms with Gasteiger partial charge in [-0.25, -0.2) is 4.98 Å². The molecule has 4 aromatic heterocycles. The summed E-state index contributed by atoms with van der Waals surface area (Å²) in [4.78, 5) is 12.6. The fraction of sp³-hybridized carbons (Fsp3) is 0. The zero-order chi connectivity index (χ0) is 45.5. The van der Waals surface area contributed by atoms with Gasteiger partial charge < -0.3 is 9.30 Å². The summed E-state index contributed by atoms with van der Waals surface area (Å²) in [6.45, 7) is 0. The number of thiophene rings is 1. The molecular weight excluding hydrogens is 1080 g/mol. The van der Waals surface area contributed by atoms with E-state index in [1.165, 1.54) is 56.7 Å². The zero-order valence-electron chi connectivity index (χ0n) is 37.6. The predicted molar refractivity (Wildman–Crippen MR) is 294 cm³/mol. The van der Waals surface area contributed by atoms with Crippen LogP contribution in [-0.4, -0.2) is 30.5 Å². The molecule has 0 spiro atoms. The van der Waals surface area contributed by atoms with Crippen LogP contribution in [0.3, 0.4) is 0 Å². The summed E-state index contributed by atoms with van der Waals surface area (Å²) in [6.07, 6.45) is 5.90. The van der Waals surface area contributed by atoms with Gasteiger partial charge in [-0.1, -0.05) is 185 Å². The van der Waals surface area contributed by atoms with Crippen molar-refractivity contribution in [1.29, 1.82) is 0 Å². The number of pyridine rings is 2. The van der Waals surface area contributed by atoms with Gasteiger partial charge in [-0.05, 0) is 57.3 Å². The Morgan fingerprint density at radius 2 is 1.10 bits per heavy atom. The first-order valence-electron chi connectivity index (χ1n) is 23.4. The average Bonchev–Trinajstić information content (AvgIpc) is 4.09. The van der Waals surface area contributed by atoms with E-state index >= 15 is 0 Å². The summed E-state index contributed by atoms with van der Waals surface area (Å²) in [5.74, 6) is 0.855. The third-order valence-electron chi connectivity index (χ3n) is 14.5. The Kier molecular flexibility index (Phi) is 10.3. The topological polar surface area (TPSA) is 33.4 Å². The molecular formula is C62H40N4PtSSi2. The minimum absolute atomic E-state index is 0. The van der Waals surface area contributed by atoms with Crippen molar-refractivity contribution in [3.05, 3.63) is 255 Å². The van der Waals surface area contributed by atoms with Crippen LogP contribution in [0.4, 0.5) is 17.2 Å². The molecule has 0 unspecified atom stereocenters. The summed E-state index contributed by atoms with van der Waals surface area (Å²) in [6, 6.07) is 91.8. The second-order valence-electron chi connectivity index (χ2n) is 17.9.